The lowest BCUT2D eigenvalue weighted by atomic mass is 10.0. The van der Waals surface area contributed by atoms with Crippen molar-refractivity contribution in [1.29, 1.82) is 0 Å². The fourth-order valence-electron chi connectivity index (χ4n) is 6.04. The largest absolute Gasteiger partial charge is 0.489 e. The highest BCUT2D eigenvalue weighted by atomic mass is 16.5. The smallest absolute Gasteiger partial charge is 0.318 e. The standard InChI is InChI=1S/C36H53N5O4/c1-28(2)25-32(39-36(44)41-22-11-3-4-12-23-41)35(43)38-33(34(42)37-19-24-40-20-9-6-10-21-40)26-29-15-17-31(18-16-29)45-27-30-13-7-5-8-14-30/h5,7-8,13-18,28,32-33H,3-4,6,9-12,19-27H2,1-2H3,(H,37,42)(H,38,43)(H,39,44)/t32-,33-/m0/s1. The Bertz CT molecular complexity index is 1180. The molecule has 0 spiro atoms. The first-order chi connectivity index (χ1) is 21.9. The van der Waals surface area contributed by atoms with E-state index in [-0.39, 0.29) is 23.8 Å². The van der Waals surface area contributed by atoms with Gasteiger partial charge >= 0.3 is 6.03 Å². The zero-order valence-electron chi connectivity index (χ0n) is 27.3. The van der Waals surface area contributed by atoms with E-state index in [4.69, 9.17) is 4.74 Å². The molecule has 9 heteroatoms. The maximum absolute atomic E-state index is 13.7. The van der Waals surface area contributed by atoms with Gasteiger partial charge < -0.3 is 30.5 Å². The van der Waals surface area contributed by atoms with Crippen molar-refractivity contribution < 1.29 is 19.1 Å². The van der Waals surface area contributed by atoms with Gasteiger partial charge in [-0.25, -0.2) is 4.79 Å². The molecule has 2 atom stereocenters. The molecule has 246 valence electrons. The Morgan fingerprint density at radius 1 is 0.733 bits per heavy atom. The summed E-state index contributed by atoms with van der Waals surface area (Å²) in [6.07, 6.45) is 8.66. The molecule has 2 aromatic rings. The van der Waals surface area contributed by atoms with Crippen LogP contribution in [0.15, 0.2) is 54.6 Å². The first-order valence-electron chi connectivity index (χ1n) is 17.0. The van der Waals surface area contributed by atoms with Crippen molar-refractivity contribution >= 4 is 17.8 Å². The molecule has 0 radical (unpaired) electrons. The molecule has 3 N–H and O–H groups in total. The third-order valence-corrected chi connectivity index (χ3v) is 8.64. The van der Waals surface area contributed by atoms with E-state index in [1.54, 1.807) is 0 Å². The summed E-state index contributed by atoms with van der Waals surface area (Å²) in [5.41, 5.74) is 2.00. The Kier molecular flexibility index (Phi) is 14.0. The predicted octanol–water partition coefficient (Wildman–Crippen LogP) is 4.90. The highest BCUT2D eigenvalue weighted by molar-refractivity contribution is 5.92. The lowest BCUT2D eigenvalue weighted by molar-refractivity contribution is -0.130. The molecule has 0 saturated carbocycles. The fraction of sp³-hybridized carbons (Fsp3) is 0.583. The Morgan fingerprint density at radius 2 is 1.38 bits per heavy atom. The number of hydrogen-bond donors (Lipinski definition) is 3. The van der Waals surface area contributed by atoms with Crippen molar-refractivity contribution in [2.24, 2.45) is 5.92 Å². The number of piperidine rings is 1. The molecule has 0 unspecified atom stereocenters. The van der Waals surface area contributed by atoms with Crippen molar-refractivity contribution in [3.63, 3.8) is 0 Å². The number of likely N-dealkylation sites (tertiary alicyclic amines) is 2. The number of nitrogens with zero attached hydrogens (tertiary/aromatic N) is 2. The topological polar surface area (TPSA) is 103 Å². The molecule has 2 saturated heterocycles. The quantitative estimate of drug-likeness (QED) is 0.279. The van der Waals surface area contributed by atoms with Gasteiger partial charge in [0.2, 0.25) is 11.8 Å². The van der Waals surface area contributed by atoms with E-state index in [1.807, 2.05) is 73.3 Å². The molecule has 4 rings (SSSR count). The van der Waals surface area contributed by atoms with E-state index in [9.17, 15) is 14.4 Å². The number of rotatable bonds is 14. The Labute approximate surface area is 269 Å². The lowest BCUT2D eigenvalue weighted by Gasteiger charge is -2.28. The molecular weight excluding hydrogens is 566 g/mol. The summed E-state index contributed by atoms with van der Waals surface area (Å²) in [7, 11) is 0. The van der Waals surface area contributed by atoms with Crippen molar-refractivity contribution in [3.8, 4) is 5.75 Å². The first-order valence-corrected chi connectivity index (χ1v) is 17.0. The zero-order valence-corrected chi connectivity index (χ0v) is 27.3. The summed E-state index contributed by atoms with van der Waals surface area (Å²) >= 11 is 0. The van der Waals surface area contributed by atoms with E-state index in [1.165, 1.54) is 19.3 Å². The molecule has 4 amide bonds. The van der Waals surface area contributed by atoms with Crippen LogP contribution in [0.3, 0.4) is 0 Å². The van der Waals surface area contributed by atoms with Gasteiger partial charge in [-0.15, -0.1) is 0 Å². The number of urea groups is 1. The molecule has 0 aromatic heterocycles. The molecule has 2 aliphatic heterocycles. The lowest BCUT2D eigenvalue weighted by Crippen LogP contribution is -2.56. The molecule has 2 aliphatic rings. The third-order valence-electron chi connectivity index (χ3n) is 8.64. The van der Waals surface area contributed by atoms with Gasteiger partial charge in [-0.1, -0.05) is 75.6 Å². The Morgan fingerprint density at radius 3 is 2.04 bits per heavy atom. The molecule has 2 fully saturated rings. The number of carbonyl (C=O) groups is 3. The Balaban J connectivity index is 1.41. The van der Waals surface area contributed by atoms with Crippen LogP contribution in [0.25, 0.3) is 0 Å². The summed E-state index contributed by atoms with van der Waals surface area (Å²) in [6.45, 7) is 9.38. The van der Waals surface area contributed by atoms with E-state index in [0.29, 0.717) is 39.1 Å². The second-order valence-electron chi connectivity index (χ2n) is 12.9. The van der Waals surface area contributed by atoms with E-state index in [2.05, 4.69) is 20.9 Å². The molecule has 45 heavy (non-hydrogen) atoms. The van der Waals surface area contributed by atoms with Crippen LogP contribution in [-0.4, -0.2) is 79.0 Å². The average Bonchev–Trinajstić information content (AvgIpc) is 3.34. The summed E-state index contributed by atoms with van der Waals surface area (Å²) in [6, 6.07) is 16.0. The fourth-order valence-corrected chi connectivity index (χ4v) is 6.04. The van der Waals surface area contributed by atoms with E-state index >= 15 is 0 Å². The number of ether oxygens (including phenoxy) is 1. The zero-order chi connectivity index (χ0) is 31.9. The van der Waals surface area contributed by atoms with Crippen molar-refractivity contribution in [2.75, 3.05) is 39.3 Å². The van der Waals surface area contributed by atoms with Crippen LogP contribution in [0, 0.1) is 5.92 Å². The molecule has 2 aromatic carbocycles. The minimum Gasteiger partial charge on any atom is -0.489 e. The normalized spacial score (nSPS) is 17.2. The minimum absolute atomic E-state index is 0.186. The number of amides is 4. The van der Waals surface area contributed by atoms with Crippen LogP contribution < -0.4 is 20.7 Å². The van der Waals surface area contributed by atoms with Crippen LogP contribution in [-0.2, 0) is 22.6 Å². The summed E-state index contributed by atoms with van der Waals surface area (Å²) in [5.74, 6) is 0.380. The van der Waals surface area contributed by atoms with Gasteiger partial charge in [0.05, 0.1) is 0 Å². The number of benzene rings is 2. The second-order valence-corrected chi connectivity index (χ2v) is 12.9. The van der Waals surface area contributed by atoms with Crippen LogP contribution in [0.1, 0.15) is 76.3 Å². The number of hydrogen-bond acceptors (Lipinski definition) is 5. The summed E-state index contributed by atoms with van der Waals surface area (Å²) in [5, 5.41) is 9.08. The van der Waals surface area contributed by atoms with Gasteiger partial charge in [-0.2, -0.15) is 0 Å². The van der Waals surface area contributed by atoms with E-state index in [0.717, 1.165) is 62.2 Å². The van der Waals surface area contributed by atoms with Crippen molar-refractivity contribution in [3.05, 3.63) is 65.7 Å². The van der Waals surface area contributed by atoms with E-state index < -0.39 is 12.1 Å². The monoisotopic (exact) mass is 619 g/mol. The highest BCUT2D eigenvalue weighted by Gasteiger charge is 2.29. The third kappa shape index (κ3) is 12.0. The second kappa shape index (κ2) is 18.4. The molecule has 2 heterocycles. The molecule has 9 nitrogen and oxygen atoms in total. The molecule has 0 bridgehead atoms. The van der Waals surface area contributed by atoms with Crippen molar-refractivity contribution in [1.82, 2.24) is 25.8 Å². The number of nitrogens with one attached hydrogen (secondary N) is 3. The first kappa shape index (κ1) is 34.3. The maximum atomic E-state index is 13.7. The number of carbonyl (C=O) groups excluding carboxylic acids is 3. The van der Waals surface area contributed by atoms with Crippen LogP contribution in [0.5, 0.6) is 5.75 Å². The SMILES string of the molecule is CC(C)C[C@H](NC(=O)N1CCCCCC1)C(=O)N[C@@H](Cc1ccc(OCc2ccccc2)cc1)C(=O)NCCN1CCCCC1. The van der Waals surface area contributed by atoms with Crippen molar-refractivity contribution in [2.45, 2.75) is 90.3 Å². The van der Waals surface area contributed by atoms with Gasteiger partial charge in [-0.3, -0.25) is 9.59 Å². The van der Waals surface area contributed by atoms with Crippen LogP contribution in [0.4, 0.5) is 4.79 Å². The van der Waals surface area contributed by atoms with Gasteiger partial charge in [0.25, 0.3) is 0 Å². The predicted molar refractivity (Wildman–Crippen MR) is 178 cm³/mol. The van der Waals surface area contributed by atoms with Gasteiger partial charge in [0.1, 0.15) is 24.4 Å². The highest BCUT2D eigenvalue weighted by Crippen LogP contribution is 2.17. The minimum atomic E-state index is -0.778. The summed E-state index contributed by atoms with van der Waals surface area (Å²) in [4.78, 5) is 44.6. The summed E-state index contributed by atoms with van der Waals surface area (Å²) < 4.78 is 5.94. The average molecular weight is 620 g/mol. The van der Waals surface area contributed by atoms with Gasteiger partial charge in [0, 0.05) is 32.6 Å². The van der Waals surface area contributed by atoms with Crippen LogP contribution in [0.2, 0.25) is 0 Å². The molecule has 0 aliphatic carbocycles. The maximum Gasteiger partial charge on any atom is 0.318 e. The van der Waals surface area contributed by atoms with Gasteiger partial charge in [-0.05, 0) is 74.4 Å². The Hall–Kier alpha value is -3.59. The van der Waals surface area contributed by atoms with Crippen LogP contribution >= 0.6 is 0 Å². The van der Waals surface area contributed by atoms with Gasteiger partial charge in [0.15, 0.2) is 0 Å². The molecular formula is C36H53N5O4.